The molecule has 0 aliphatic carbocycles. The number of nitrogens with zero attached hydrogens (tertiary/aromatic N) is 3. The van der Waals surface area contributed by atoms with Crippen LogP contribution in [0.25, 0.3) is 10.9 Å². The monoisotopic (exact) mass is 340 g/mol. The van der Waals surface area contributed by atoms with Crippen molar-refractivity contribution < 1.29 is 9.53 Å². The molecule has 1 aromatic carbocycles. The van der Waals surface area contributed by atoms with Gasteiger partial charge in [0, 0.05) is 41.1 Å². The number of hydrogen-bond acceptors (Lipinski definition) is 4. The summed E-state index contributed by atoms with van der Waals surface area (Å²) in [5.74, 6) is -0.199. The number of methoxy groups -OCH3 is 1. The number of fused-ring (bicyclic) bond motifs is 1. The zero-order chi connectivity index (χ0) is 17.8. The number of imidazole rings is 1. The van der Waals surface area contributed by atoms with Crippen molar-refractivity contribution in [1.82, 2.24) is 14.1 Å². The summed E-state index contributed by atoms with van der Waals surface area (Å²) < 4.78 is 9.07. The van der Waals surface area contributed by atoms with Crippen LogP contribution in [0.1, 0.15) is 23.2 Å². The van der Waals surface area contributed by atoms with Gasteiger partial charge in [-0.3, -0.25) is 4.79 Å². The molecule has 0 radical (unpaired) electrons. The smallest absolute Gasteiger partial charge is 0.307 e. The number of ether oxygens (including phenoxy) is 1. The van der Waals surface area contributed by atoms with E-state index in [0.29, 0.717) is 19.5 Å². The molecule has 25 heavy (non-hydrogen) atoms. The number of carbonyl (C=O) groups is 1. The SMILES string of the molecule is COC(=O)CCn1c(C)c(Cn2ccnc2)c2c(CCN)cccc21. The Morgan fingerprint density at radius 3 is 2.88 bits per heavy atom. The minimum atomic E-state index is -0.199. The Morgan fingerprint density at radius 2 is 2.20 bits per heavy atom. The lowest BCUT2D eigenvalue weighted by molar-refractivity contribution is -0.140. The largest absolute Gasteiger partial charge is 0.469 e. The Hall–Kier alpha value is -2.60. The van der Waals surface area contributed by atoms with Crippen molar-refractivity contribution in [3.63, 3.8) is 0 Å². The number of rotatable bonds is 7. The zero-order valence-electron chi connectivity index (χ0n) is 14.7. The summed E-state index contributed by atoms with van der Waals surface area (Å²) in [4.78, 5) is 15.7. The molecular formula is C19H24N4O2. The Bertz CT molecular complexity index is 865. The minimum absolute atomic E-state index is 0.199. The van der Waals surface area contributed by atoms with Gasteiger partial charge in [-0.25, -0.2) is 4.98 Å². The van der Waals surface area contributed by atoms with E-state index in [4.69, 9.17) is 10.5 Å². The third-order valence-corrected chi connectivity index (χ3v) is 4.64. The molecule has 6 nitrogen and oxygen atoms in total. The van der Waals surface area contributed by atoms with E-state index >= 15 is 0 Å². The van der Waals surface area contributed by atoms with Gasteiger partial charge in [0.1, 0.15) is 0 Å². The first-order chi connectivity index (χ1) is 12.2. The molecule has 0 aliphatic heterocycles. The Balaban J connectivity index is 2.11. The molecule has 0 saturated carbocycles. The third-order valence-electron chi connectivity index (χ3n) is 4.64. The lowest BCUT2D eigenvalue weighted by atomic mass is 10.0. The van der Waals surface area contributed by atoms with Gasteiger partial charge in [0.25, 0.3) is 0 Å². The highest BCUT2D eigenvalue weighted by atomic mass is 16.5. The van der Waals surface area contributed by atoms with Crippen LogP contribution in [0.5, 0.6) is 0 Å². The second-order valence-electron chi connectivity index (χ2n) is 6.13. The van der Waals surface area contributed by atoms with Crippen LogP contribution in [0, 0.1) is 6.92 Å². The summed E-state index contributed by atoms with van der Waals surface area (Å²) in [6.45, 7) is 4.06. The van der Waals surface area contributed by atoms with E-state index in [2.05, 4.69) is 39.2 Å². The number of esters is 1. The van der Waals surface area contributed by atoms with Crippen LogP contribution in [0.4, 0.5) is 0 Å². The van der Waals surface area contributed by atoms with Crippen LogP contribution in [0.15, 0.2) is 36.9 Å². The van der Waals surface area contributed by atoms with E-state index in [1.807, 2.05) is 12.5 Å². The molecule has 2 aromatic heterocycles. The van der Waals surface area contributed by atoms with Crippen LogP contribution in [-0.4, -0.2) is 33.7 Å². The first-order valence-corrected chi connectivity index (χ1v) is 8.48. The fourth-order valence-electron chi connectivity index (χ4n) is 3.40. The van der Waals surface area contributed by atoms with Gasteiger partial charge in [-0.05, 0) is 31.5 Å². The van der Waals surface area contributed by atoms with Crippen molar-refractivity contribution in [1.29, 1.82) is 0 Å². The molecule has 0 atom stereocenters. The molecular weight excluding hydrogens is 316 g/mol. The standard InChI is InChI=1S/C19H24N4O2/c1-14-16(12-22-11-9-21-13-22)19-15(6-8-20)4-3-5-17(19)23(14)10-7-18(24)25-2/h3-5,9,11,13H,6-8,10,12,20H2,1-2H3. The molecule has 2 N–H and O–H groups in total. The van der Waals surface area contributed by atoms with Gasteiger partial charge in [0.05, 0.1) is 26.4 Å². The maximum absolute atomic E-state index is 11.6. The summed E-state index contributed by atoms with van der Waals surface area (Å²) in [7, 11) is 1.42. The molecule has 3 aromatic rings. The molecule has 0 unspecified atom stereocenters. The number of benzene rings is 1. The van der Waals surface area contributed by atoms with Crippen molar-refractivity contribution in [3.05, 3.63) is 53.7 Å². The third kappa shape index (κ3) is 3.44. The summed E-state index contributed by atoms with van der Waals surface area (Å²) in [6.07, 6.45) is 6.75. The Labute approximate surface area is 147 Å². The van der Waals surface area contributed by atoms with Crippen LogP contribution >= 0.6 is 0 Å². The minimum Gasteiger partial charge on any atom is -0.469 e. The molecule has 6 heteroatoms. The van der Waals surface area contributed by atoms with Crippen LogP contribution in [-0.2, 0) is 29.0 Å². The number of aryl methyl sites for hydroxylation is 1. The Kier molecular flexibility index (Phi) is 5.19. The topological polar surface area (TPSA) is 75.1 Å². The number of hydrogen-bond donors (Lipinski definition) is 1. The molecule has 132 valence electrons. The maximum atomic E-state index is 11.6. The summed E-state index contributed by atoms with van der Waals surface area (Å²) >= 11 is 0. The first kappa shape index (κ1) is 17.2. The van der Waals surface area contributed by atoms with Gasteiger partial charge in [-0.15, -0.1) is 0 Å². The average molecular weight is 340 g/mol. The number of aromatic nitrogens is 3. The van der Waals surface area contributed by atoms with E-state index in [0.717, 1.165) is 24.2 Å². The fourth-order valence-corrected chi connectivity index (χ4v) is 3.40. The normalized spacial score (nSPS) is 11.2. The highest BCUT2D eigenvalue weighted by molar-refractivity contribution is 5.89. The van der Waals surface area contributed by atoms with Crippen LogP contribution in [0.3, 0.4) is 0 Å². The fraction of sp³-hybridized carbons (Fsp3) is 0.368. The lowest BCUT2D eigenvalue weighted by Gasteiger charge is -2.08. The van der Waals surface area contributed by atoms with Gasteiger partial charge < -0.3 is 19.6 Å². The quantitative estimate of drug-likeness (QED) is 0.670. The average Bonchev–Trinajstić information content (AvgIpc) is 3.22. The number of nitrogens with two attached hydrogens (primary N) is 1. The summed E-state index contributed by atoms with van der Waals surface area (Å²) in [5, 5.41) is 1.24. The van der Waals surface area contributed by atoms with E-state index in [9.17, 15) is 4.79 Å². The Morgan fingerprint density at radius 1 is 1.36 bits per heavy atom. The molecule has 0 saturated heterocycles. The van der Waals surface area contributed by atoms with Crippen LogP contribution < -0.4 is 5.73 Å². The molecule has 0 fully saturated rings. The molecule has 2 heterocycles. The van der Waals surface area contributed by atoms with Gasteiger partial charge in [-0.1, -0.05) is 12.1 Å². The van der Waals surface area contributed by atoms with E-state index in [1.165, 1.54) is 23.6 Å². The highest BCUT2D eigenvalue weighted by Gasteiger charge is 2.17. The van der Waals surface area contributed by atoms with Crippen molar-refractivity contribution in [2.24, 2.45) is 5.73 Å². The highest BCUT2D eigenvalue weighted by Crippen LogP contribution is 2.30. The van der Waals surface area contributed by atoms with E-state index in [1.54, 1.807) is 6.20 Å². The van der Waals surface area contributed by atoms with Crippen molar-refractivity contribution in [2.45, 2.75) is 32.9 Å². The molecule has 3 rings (SSSR count). The molecule has 0 aliphatic rings. The maximum Gasteiger partial charge on any atom is 0.307 e. The van der Waals surface area contributed by atoms with Crippen molar-refractivity contribution in [2.75, 3.05) is 13.7 Å². The van der Waals surface area contributed by atoms with Gasteiger partial charge in [-0.2, -0.15) is 0 Å². The lowest BCUT2D eigenvalue weighted by Crippen LogP contribution is -2.08. The van der Waals surface area contributed by atoms with Gasteiger partial charge >= 0.3 is 5.97 Å². The van der Waals surface area contributed by atoms with Gasteiger partial charge in [0.2, 0.25) is 0 Å². The summed E-state index contributed by atoms with van der Waals surface area (Å²) in [6, 6.07) is 6.30. The van der Waals surface area contributed by atoms with E-state index in [-0.39, 0.29) is 5.97 Å². The predicted octanol–water partition coefficient (Wildman–Crippen LogP) is 2.26. The van der Waals surface area contributed by atoms with Gasteiger partial charge in [0.15, 0.2) is 0 Å². The van der Waals surface area contributed by atoms with Crippen molar-refractivity contribution >= 4 is 16.9 Å². The zero-order valence-corrected chi connectivity index (χ0v) is 14.7. The molecule has 0 bridgehead atoms. The number of carbonyl (C=O) groups excluding carboxylic acids is 1. The van der Waals surface area contributed by atoms with Crippen LogP contribution in [0.2, 0.25) is 0 Å². The van der Waals surface area contributed by atoms with Crippen molar-refractivity contribution in [3.8, 4) is 0 Å². The second-order valence-corrected chi connectivity index (χ2v) is 6.13. The predicted molar refractivity (Wildman–Crippen MR) is 97.4 cm³/mol. The second kappa shape index (κ2) is 7.53. The van der Waals surface area contributed by atoms with E-state index < -0.39 is 0 Å². The molecule has 0 amide bonds. The molecule has 0 spiro atoms. The first-order valence-electron chi connectivity index (χ1n) is 8.48. The summed E-state index contributed by atoms with van der Waals surface area (Å²) in [5.41, 5.74) is 10.6.